The first-order chi connectivity index (χ1) is 7.75. The van der Waals surface area contributed by atoms with Gasteiger partial charge in [0.25, 0.3) is 5.78 Å². The normalized spacial score (nSPS) is 11.1. The van der Waals surface area contributed by atoms with Crippen molar-refractivity contribution >= 4 is 17.1 Å². The first kappa shape index (κ1) is 9.47. The molecule has 3 heterocycles. The summed E-state index contributed by atoms with van der Waals surface area (Å²) >= 11 is 1.79. The highest BCUT2D eigenvalue weighted by Crippen LogP contribution is 2.29. The zero-order valence-electron chi connectivity index (χ0n) is 9.01. The number of thiophene rings is 1. The summed E-state index contributed by atoms with van der Waals surface area (Å²) in [4.78, 5) is 10.8. The third kappa shape index (κ3) is 1.32. The van der Waals surface area contributed by atoms with Gasteiger partial charge in [-0.2, -0.15) is 14.6 Å². The summed E-state index contributed by atoms with van der Waals surface area (Å²) in [5, 5.41) is 4.19. The third-order valence-electron chi connectivity index (χ3n) is 2.50. The van der Waals surface area contributed by atoms with Gasteiger partial charge >= 0.3 is 0 Å². The second kappa shape index (κ2) is 3.38. The highest BCUT2D eigenvalue weighted by atomic mass is 32.1. The van der Waals surface area contributed by atoms with Crippen LogP contribution in [0.5, 0.6) is 0 Å². The molecule has 16 heavy (non-hydrogen) atoms. The molecular weight excluding hydrogens is 220 g/mol. The molecule has 0 unspecified atom stereocenters. The van der Waals surface area contributed by atoms with Crippen LogP contribution >= 0.6 is 11.3 Å². The summed E-state index contributed by atoms with van der Waals surface area (Å²) in [6.07, 6.45) is 3.30. The highest BCUT2D eigenvalue weighted by molar-refractivity contribution is 7.12. The average Bonchev–Trinajstić information content (AvgIpc) is 2.84. The van der Waals surface area contributed by atoms with Crippen molar-refractivity contribution in [3.8, 4) is 11.3 Å². The maximum atomic E-state index is 4.19. The Morgan fingerprint density at radius 3 is 2.88 bits per heavy atom. The van der Waals surface area contributed by atoms with Crippen molar-refractivity contribution in [2.75, 3.05) is 0 Å². The Labute approximate surface area is 96.6 Å². The van der Waals surface area contributed by atoms with Gasteiger partial charge in [-0.15, -0.1) is 11.3 Å². The van der Waals surface area contributed by atoms with E-state index in [-0.39, 0.29) is 0 Å². The van der Waals surface area contributed by atoms with Crippen LogP contribution in [0.2, 0.25) is 0 Å². The zero-order chi connectivity index (χ0) is 11.1. The topological polar surface area (TPSA) is 43.1 Å². The molecule has 0 N–H and O–H groups in total. The van der Waals surface area contributed by atoms with E-state index in [2.05, 4.69) is 35.0 Å². The van der Waals surface area contributed by atoms with Crippen molar-refractivity contribution in [3.63, 3.8) is 0 Å². The summed E-state index contributed by atoms with van der Waals surface area (Å²) < 4.78 is 1.77. The van der Waals surface area contributed by atoms with E-state index in [0.717, 1.165) is 5.69 Å². The molecule has 0 aliphatic heterocycles. The fourth-order valence-corrected chi connectivity index (χ4v) is 2.76. The monoisotopic (exact) mass is 230 g/mol. The van der Waals surface area contributed by atoms with Gasteiger partial charge in [0, 0.05) is 21.5 Å². The Kier molecular flexibility index (Phi) is 2.00. The molecule has 0 saturated carbocycles. The molecule has 80 valence electrons. The number of hydrogen-bond donors (Lipinski definition) is 0. The van der Waals surface area contributed by atoms with Crippen LogP contribution in [0.25, 0.3) is 17.0 Å². The van der Waals surface area contributed by atoms with Gasteiger partial charge in [-0.25, -0.2) is 4.98 Å². The lowest BCUT2D eigenvalue weighted by molar-refractivity contribution is 0.947. The van der Waals surface area contributed by atoms with E-state index in [1.54, 1.807) is 22.0 Å². The minimum atomic E-state index is 0.640. The van der Waals surface area contributed by atoms with Gasteiger partial charge in [0.2, 0.25) is 0 Å². The van der Waals surface area contributed by atoms with Crippen LogP contribution in [-0.2, 0) is 0 Å². The van der Waals surface area contributed by atoms with E-state index in [9.17, 15) is 0 Å². The second-order valence-corrected chi connectivity index (χ2v) is 5.09. The molecule has 0 fully saturated rings. The van der Waals surface area contributed by atoms with Crippen LogP contribution in [-0.4, -0.2) is 19.6 Å². The van der Waals surface area contributed by atoms with Gasteiger partial charge in [-0.1, -0.05) is 0 Å². The molecule has 0 radical (unpaired) electrons. The van der Waals surface area contributed by atoms with Crippen LogP contribution in [0.4, 0.5) is 0 Å². The van der Waals surface area contributed by atoms with Crippen molar-refractivity contribution in [2.45, 2.75) is 13.8 Å². The Morgan fingerprint density at radius 2 is 2.12 bits per heavy atom. The molecule has 0 amide bonds. The van der Waals surface area contributed by atoms with Gasteiger partial charge in [-0.05, 0) is 26.0 Å². The SMILES string of the molecule is Cc1cc(-c2ccnc3ncnn23)c(C)s1. The number of fused-ring (bicyclic) bond motifs is 1. The quantitative estimate of drug-likeness (QED) is 0.645. The molecule has 0 aliphatic rings. The van der Waals surface area contributed by atoms with Crippen molar-refractivity contribution in [1.29, 1.82) is 0 Å². The van der Waals surface area contributed by atoms with Crippen LogP contribution in [0, 0.1) is 13.8 Å². The van der Waals surface area contributed by atoms with Gasteiger partial charge in [0.15, 0.2) is 0 Å². The van der Waals surface area contributed by atoms with Gasteiger partial charge in [0.05, 0.1) is 5.69 Å². The predicted octanol–water partition coefficient (Wildman–Crippen LogP) is 2.47. The molecule has 0 aromatic carbocycles. The average molecular weight is 230 g/mol. The van der Waals surface area contributed by atoms with Crippen LogP contribution in [0.1, 0.15) is 9.75 Å². The van der Waals surface area contributed by atoms with E-state index < -0.39 is 0 Å². The van der Waals surface area contributed by atoms with E-state index in [1.807, 2.05) is 6.07 Å². The fourth-order valence-electron chi connectivity index (χ4n) is 1.83. The molecule has 3 aromatic rings. The maximum Gasteiger partial charge on any atom is 0.252 e. The van der Waals surface area contributed by atoms with E-state index in [0.29, 0.717) is 5.78 Å². The van der Waals surface area contributed by atoms with E-state index >= 15 is 0 Å². The largest absolute Gasteiger partial charge is 0.252 e. The lowest BCUT2D eigenvalue weighted by Crippen LogP contribution is -1.95. The molecule has 0 bridgehead atoms. The smallest absolute Gasteiger partial charge is 0.220 e. The van der Waals surface area contributed by atoms with Crippen molar-refractivity contribution in [3.05, 3.63) is 34.4 Å². The summed E-state index contributed by atoms with van der Waals surface area (Å²) in [6, 6.07) is 4.15. The van der Waals surface area contributed by atoms with Crippen molar-refractivity contribution in [2.24, 2.45) is 0 Å². The zero-order valence-corrected chi connectivity index (χ0v) is 9.82. The van der Waals surface area contributed by atoms with Crippen LogP contribution < -0.4 is 0 Å². The van der Waals surface area contributed by atoms with Crippen molar-refractivity contribution < 1.29 is 0 Å². The van der Waals surface area contributed by atoms with Crippen LogP contribution in [0.15, 0.2) is 24.7 Å². The molecule has 0 aliphatic carbocycles. The summed E-state index contributed by atoms with van der Waals surface area (Å²) in [7, 11) is 0. The molecule has 3 aromatic heterocycles. The van der Waals surface area contributed by atoms with Gasteiger partial charge < -0.3 is 0 Å². The molecule has 0 spiro atoms. The number of aromatic nitrogens is 4. The summed E-state index contributed by atoms with van der Waals surface area (Å²) in [5.41, 5.74) is 2.25. The Hall–Kier alpha value is -1.75. The Morgan fingerprint density at radius 1 is 1.25 bits per heavy atom. The molecule has 0 saturated heterocycles. The molecule has 3 rings (SSSR count). The molecule has 5 heteroatoms. The van der Waals surface area contributed by atoms with Crippen molar-refractivity contribution in [1.82, 2.24) is 19.6 Å². The second-order valence-electron chi connectivity index (χ2n) is 3.63. The Bertz CT molecular complexity index is 653. The molecule has 0 atom stereocenters. The molecule has 4 nitrogen and oxygen atoms in total. The highest BCUT2D eigenvalue weighted by Gasteiger charge is 2.10. The lowest BCUT2D eigenvalue weighted by atomic mass is 10.2. The summed E-state index contributed by atoms with van der Waals surface area (Å²) in [5.74, 6) is 0.640. The van der Waals surface area contributed by atoms with Gasteiger partial charge in [-0.3, -0.25) is 0 Å². The van der Waals surface area contributed by atoms with E-state index in [1.165, 1.54) is 21.6 Å². The summed E-state index contributed by atoms with van der Waals surface area (Å²) in [6.45, 7) is 4.23. The first-order valence-electron chi connectivity index (χ1n) is 4.98. The standard InChI is InChI=1S/C11H10N4S/c1-7-5-9(8(2)16-7)10-3-4-12-11-13-6-14-15(10)11/h3-6H,1-2H3. The third-order valence-corrected chi connectivity index (χ3v) is 3.46. The van der Waals surface area contributed by atoms with Crippen LogP contribution in [0.3, 0.4) is 0 Å². The maximum absolute atomic E-state index is 4.19. The number of rotatable bonds is 1. The Balaban J connectivity index is 2.33. The van der Waals surface area contributed by atoms with Gasteiger partial charge in [0.1, 0.15) is 6.33 Å². The fraction of sp³-hybridized carbons (Fsp3) is 0.182. The number of nitrogens with zero attached hydrogens (tertiary/aromatic N) is 4. The first-order valence-corrected chi connectivity index (χ1v) is 5.79. The lowest BCUT2D eigenvalue weighted by Gasteiger charge is -2.01. The van der Waals surface area contributed by atoms with E-state index in [4.69, 9.17) is 0 Å². The molecular formula is C11H10N4S. The minimum absolute atomic E-state index is 0.640. The predicted molar refractivity (Wildman–Crippen MR) is 63.6 cm³/mol. The number of aryl methyl sites for hydroxylation is 2. The number of hydrogen-bond acceptors (Lipinski definition) is 4. The minimum Gasteiger partial charge on any atom is -0.220 e.